The van der Waals surface area contributed by atoms with E-state index in [9.17, 15) is 9.18 Å². The van der Waals surface area contributed by atoms with E-state index in [1.807, 2.05) is 4.90 Å². The van der Waals surface area contributed by atoms with Gasteiger partial charge in [0.25, 0.3) is 0 Å². The van der Waals surface area contributed by atoms with Crippen LogP contribution in [0.5, 0.6) is 0 Å². The van der Waals surface area contributed by atoms with E-state index in [-0.39, 0.29) is 23.7 Å². The van der Waals surface area contributed by atoms with Crippen LogP contribution in [0, 0.1) is 11.7 Å². The van der Waals surface area contributed by atoms with Crippen LogP contribution >= 0.6 is 0 Å². The van der Waals surface area contributed by atoms with E-state index >= 15 is 0 Å². The smallest absolute Gasteiger partial charge is 0.225 e. The minimum atomic E-state index is -0.260. The van der Waals surface area contributed by atoms with Crippen LogP contribution in [0.3, 0.4) is 0 Å². The van der Waals surface area contributed by atoms with Crippen LogP contribution in [0.25, 0.3) is 0 Å². The minimum absolute atomic E-state index is 0.102. The Kier molecular flexibility index (Phi) is 4.41. The lowest BCUT2D eigenvalue weighted by atomic mass is 10.0. The number of hydrogen-bond donors (Lipinski definition) is 0. The number of nitrogens with zero attached hydrogens (tertiary/aromatic N) is 2. The van der Waals surface area contributed by atoms with Crippen LogP contribution in [-0.2, 0) is 9.63 Å². The molecule has 1 atom stereocenters. The molecule has 0 saturated heterocycles. The van der Waals surface area contributed by atoms with Crippen molar-refractivity contribution in [3.8, 4) is 0 Å². The lowest BCUT2D eigenvalue weighted by molar-refractivity contribution is -0.134. The Morgan fingerprint density at radius 1 is 1.36 bits per heavy atom. The molecule has 1 aromatic rings. The van der Waals surface area contributed by atoms with Crippen molar-refractivity contribution in [2.24, 2.45) is 11.1 Å². The van der Waals surface area contributed by atoms with Crippen molar-refractivity contribution in [3.63, 3.8) is 0 Å². The van der Waals surface area contributed by atoms with Gasteiger partial charge in [-0.25, -0.2) is 4.39 Å². The number of carbonyl (C=O) groups is 1. The number of halogens is 1. The van der Waals surface area contributed by atoms with E-state index in [1.54, 1.807) is 12.1 Å². The molecular weight excluding hydrogens is 283 g/mol. The summed E-state index contributed by atoms with van der Waals surface area (Å²) in [5, 5.41) is 4.11. The van der Waals surface area contributed by atoms with Crippen molar-refractivity contribution in [1.29, 1.82) is 0 Å². The molecule has 1 aliphatic heterocycles. The highest BCUT2D eigenvalue weighted by atomic mass is 19.1. The van der Waals surface area contributed by atoms with Gasteiger partial charge in [-0.2, -0.15) is 0 Å². The number of oxime groups is 1. The maximum absolute atomic E-state index is 13.0. The molecule has 2 aliphatic rings. The van der Waals surface area contributed by atoms with Gasteiger partial charge < -0.3 is 9.74 Å². The van der Waals surface area contributed by atoms with E-state index in [1.165, 1.54) is 12.1 Å². The molecule has 1 unspecified atom stereocenters. The predicted octanol–water partition coefficient (Wildman–Crippen LogP) is 2.97. The topological polar surface area (TPSA) is 41.9 Å². The molecule has 1 aliphatic carbocycles. The lowest BCUT2D eigenvalue weighted by Crippen LogP contribution is -2.39. The molecule has 3 rings (SSSR count). The molecule has 5 heteroatoms. The van der Waals surface area contributed by atoms with Crippen molar-refractivity contribution >= 4 is 11.6 Å². The number of benzene rings is 1. The summed E-state index contributed by atoms with van der Waals surface area (Å²) in [6, 6.07) is 6.26. The fourth-order valence-corrected chi connectivity index (χ4v) is 2.73. The standard InChI is InChI=1S/C17H21FN2O2/c1-2-9-20(17(21)13-3-4-13)11-15-10-16(19-22-15)12-5-7-14(18)8-6-12/h5-8,13,15H,2-4,9-11H2,1H3. The Bertz CT molecular complexity index is 567. The van der Waals surface area contributed by atoms with Gasteiger partial charge in [0.05, 0.1) is 12.3 Å². The zero-order valence-electron chi connectivity index (χ0n) is 12.8. The third-order valence-electron chi connectivity index (χ3n) is 4.07. The quantitative estimate of drug-likeness (QED) is 0.811. The molecule has 0 aromatic heterocycles. The first kappa shape index (κ1) is 15.0. The molecule has 1 saturated carbocycles. The molecule has 1 heterocycles. The zero-order valence-corrected chi connectivity index (χ0v) is 12.8. The van der Waals surface area contributed by atoms with Gasteiger partial charge in [-0.3, -0.25) is 4.79 Å². The monoisotopic (exact) mass is 304 g/mol. The van der Waals surface area contributed by atoms with Crippen molar-refractivity contribution in [1.82, 2.24) is 4.90 Å². The average Bonchev–Trinajstić information content (AvgIpc) is 3.27. The Morgan fingerprint density at radius 3 is 2.73 bits per heavy atom. The Labute approximate surface area is 129 Å². The molecule has 0 bridgehead atoms. The second-order valence-corrected chi connectivity index (χ2v) is 6.03. The van der Waals surface area contributed by atoms with E-state index in [0.29, 0.717) is 13.0 Å². The number of amides is 1. The second kappa shape index (κ2) is 6.46. The van der Waals surface area contributed by atoms with Gasteiger partial charge in [0.15, 0.2) is 6.10 Å². The van der Waals surface area contributed by atoms with Crippen molar-refractivity contribution < 1.29 is 14.0 Å². The summed E-state index contributed by atoms with van der Waals surface area (Å²) < 4.78 is 13.0. The first-order valence-corrected chi connectivity index (χ1v) is 7.94. The molecule has 0 spiro atoms. The van der Waals surface area contributed by atoms with E-state index in [4.69, 9.17) is 4.84 Å². The van der Waals surface area contributed by atoms with Gasteiger partial charge in [0.2, 0.25) is 5.91 Å². The molecule has 22 heavy (non-hydrogen) atoms. The summed E-state index contributed by atoms with van der Waals surface area (Å²) in [6.45, 7) is 3.42. The van der Waals surface area contributed by atoms with E-state index < -0.39 is 0 Å². The normalized spacial score (nSPS) is 20.5. The predicted molar refractivity (Wildman–Crippen MR) is 82.0 cm³/mol. The van der Waals surface area contributed by atoms with Gasteiger partial charge >= 0.3 is 0 Å². The fraction of sp³-hybridized carbons (Fsp3) is 0.529. The van der Waals surface area contributed by atoms with Crippen LogP contribution in [0.2, 0.25) is 0 Å². The Morgan fingerprint density at radius 2 is 2.09 bits per heavy atom. The van der Waals surface area contributed by atoms with Crippen LogP contribution in [-0.4, -0.2) is 35.7 Å². The van der Waals surface area contributed by atoms with Gasteiger partial charge in [0, 0.05) is 18.9 Å². The highest BCUT2D eigenvalue weighted by Gasteiger charge is 2.35. The van der Waals surface area contributed by atoms with Gasteiger partial charge in [-0.05, 0) is 37.0 Å². The SMILES string of the molecule is CCCN(CC1CC(c2ccc(F)cc2)=NO1)C(=O)C1CC1. The molecule has 1 fully saturated rings. The largest absolute Gasteiger partial charge is 0.390 e. The molecule has 0 N–H and O–H groups in total. The first-order chi connectivity index (χ1) is 10.7. The first-order valence-electron chi connectivity index (χ1n) is 7.94. The Balaban J connectivity index is 1.58. The Hall–Kier alpha value is -1.91. The van der Waals surface area contributed by atoms with Gasteiger partial charge in [0.1, 0.15) is 5.82 Å². The second-order valence-electron chi connectivity index (χ2n) is 6.03. The van der Waals surface area contributed by atoms with Crippen LogP contribution in [0.1, 0.15) is 38.2 Å². The number of rotatable bonds is 6. The molecule has 4 nitrogen and oxygen atoms in total. The summed E-state index contributed by atoms with van der Waals surface area (Å²) >= 11 is 0. The van der Waals surface area contributed by atoms with E-state index in [2.05, 4.69) is 12.1 Å². The van der Waals surface area contributed by atoms with Gasteiger partial charge in [-0.1, -0.05) is 24.2 Å². The van der Waals surface area contributed by atoms with Crippen molar-refractivity contribution in [2.45, 2.75) is 38.7 Å². The van der Waals surface area contributed by atoms with Crippen molar-refractivity contribution in [3.05, 3.63) is 35.6 Å². The maximum atomic E-state index is 13.0. The van der Waals surface area contributed by atoms with E-state index in [0.717, 1.165) is 37.1 Å². The zero-order chi connectivity index (χ0) is 15.5. The molecule has 1 aromatic carbocycles. The summed E-state index contributed by atoms with van der Waals surface area (Å²) in [7, 11) is 0. The highest BCUT2D eigenvalue weighted by molar-refractivity contribution is 6.01. The molecule has 118 valence electrons. The third-order valence-corrected chi connectivity index (χ3v) is 4.07. The molecule has 0 radical (unpaired) electrons. The van der Waals surface area contributed by atoms with Crippen molar-refractivity contribution in [2.75, 3.05) is 13.1 Å². The summed E-state index contributed by atoms with van der Waals surface area (Å²) in [5.74, 6) is 0.218. The van der Waals surface area contributed by atoms with Crippen LogP contribution in [0.15, 0.2) is 29.4 Å². The number of carbonyl (C=O) groups excluding carboxylic acids is 1. The summed E-state index contributed by atoms with van der Waals surface area (Å²) in [5.41, 5.74) is 1.69. The average molecular weight is 304 g/mol. The highest BCUT2D eigenvalue weighted by Crippen LogP contribution is 2.31. The number of hydrogen-bond acceptors (Lipinski definition) is 3. The minimum Gasteiger partial charge on any atom is -0.390 e. The van der Waals surface area contributed by atoms with Crippen LogP contribution in [0.4, 0.5) is 4.39 Å². The van der Waals surface area contributed by atoms with Crippen LogP contribution < -0.4 is 0 Å². The summed E-state index contributed by atoms with van der Waals surface area (Å²) in [6.07, 6.45) is 3.53. The summed E-state index contributed by atoms with van der Waals surface area (Å²) in [4.78, 5) is 19.6. The maximum Gasteiger partial charge on any atom is 0.225 e. The third kappa shape index (κ3) is 3.46. The van der Waals surface area contributed by atoms with Gasteiger partial charge in [-0.15, -0.1) is 0 Å². The lowest BCUT2D eigenvalue weighted by Gasteiger charge is -2.24. The molecular formula is C17H21FN2O2. The fourth-order valence-electron chi connectivity index (χ4n) is 2.73. The molecule has 1 amide bonds.